The average molecular weight is 345 g/mol. The van der Waals surface area contributed by atoms with Crippen molar-refractivity contribution >= 4 is 5.91 Å². The van der Waals surface area contributed by atoms with Crippen molar-refractivity contribution in [1.29, 1.82) is 0 Å². The molecule has 3 atom stereocenters. The van der Waals surface area contributed by atoms with Gasteiger partial charge in [-0.05, 0) is 24.8 Å². The van der Waals surface area contributed by atoms with Crippen LogP contribution in [0.3, 0.4) is 0 Å². The molecule has 2 heterocycles. The molecule has 138 valence electrons. The second-order valence-corrected chi connectivity index (χ2v) is 8.44. The van der Waals surface area contributed by atoms with Crippen molar-refractivity contribution in [2.75, 3.05) is 39.3 Å². The summed E-state index contributed by atoms with van der Waals surface area (Å²) < 4.78 is 1.01. The van der Waals surface area contributed by atoms with Gasteiger partial charge in [0.1, 0.15) is 6.04 Å². The summed E-state index contributed by atoms with van der Waals surface area (Å²) in [4.78, 5) is 15.2. The first-order valence-electron chi connectivity index (χ1n) is 9.90. The molecule has 2 aliphatic rings. The van der Waals surface area contributed by atoms with E-state index in [0.717, 1.165) is 43.6 Å². The van der Waals surface area contributed by atoms with Crippen molar-refractivity contribution < 1.29 is 9.28 Å². The van der Waals surface area contributed by atoms with Crippen LogP contribution in [0.15, 0.2) is 30.3 Å². The van der Waals surface area contributed by atoms with Crippen molar-refractivity contribution in [2.24, 2.45) is 5.92 Å². The third kappa shape index (κ3) is 4.24. The molecule has 0 saturated carbocycles. The molecule has 25 heavy (non-hydrogen) atoms. The van der Waals surface area contributed by atoms with Gasteiger partial charge in [-0.1, -0.05) is 44.2 Å². The largest absolute Gasteiger partial charge is 0.329 e. The molecular formula is C21H34N3O+. The van der Waals surface area contributed by atoms with Gasteiger partial charge >= 0.3 is 0 Å². The lowest BCUT2D eigenvalue weighted by atomic mass is 9.95. The first-order valence-corrected chi connectivity index (χ1v) is 9.90. The summed E-state index contributed by atoms with van der Waals surface area (Å²) in [6.45, 7) is 12.7. The lowest BCUT2D eigenvalue weighted by Gasteiger charge is -2.53. The second kappa shape index (κ2) is 7.88. The Morgan fingerprint density at radius 3 is 2.72 bits per heavy atom. The van der Waals surface area contributed by atoms with Gasteiger partial charge < -0.3 is 14.7 Å². The molecule has 1 aromatic rings. The highest BCUT2D eigenvalue weighted by molar-refractivity contribution is 5.78. The van der Waals surface area contributed by atoms with E-state index in [4.69, 9.17) is 0 Å². The van der Waals surface area contributed by atoms with Gasteiger partial charge in [0.2, 0.25) is 0 Å². The molecule has 0 radical (unpaired) electrons. The van der Waals surface area contributed by atoms with Gasteiger partial charge in [0.15, 0.2) is 6.54 Å². The van der Waals surface area contributed by atoms with E-state index in [0.29, 0.717) is 30.5 Å². The standard InChI is InChI=1S/C21H34N3O/c1-17(2)13-20-14-22-10-12-24(20)15-18(3)23(21(25)16-24)11-9-19-7-5-4-6-8-19/h4-8,17-18,20,22H,9-16H2,1-3H3/q+1/t18-,20-,24?/m0/s1. The van der Waals surface area contributed by atoms with E-state index < -0.39 is 0 Å². The van der Waals surface area contributed by atoms with Gasteiger partial charge in [-0.15, -0.1) is 0 Å². The van der Waals surface area contributed by atoms with Crippen LogP contribution in [-0.2, 0) is 11.2 Å². The Labute approximate surface area is 152 Å². The smallest absolute Gasteiger partial charge is 0.278 e. The Morgan fingerprint density at radius 2 is 2.04 bits per heavy atom. The van der Waals surface area contributed by atoms with Crippen LogP contribution < -0.4 is 5.32 Å². The van der Waals surface area contributed by atoms with E-state index in [2.05, 4.69) is 55.3 Å². The highest BCUT2D eigenvalue weighted by Gasteiger charge is 2.47. The molecule has 4 nitrogen and oxygen atoms in total. The second-order valence-electron chi connectivity index (χ2n) is 8.44. The summed E-state index contributed by atoms with van der Waals surface area (Å²) in [6.07, 6.45) is 2.16. The number of hydrogen-bond donors (Lipinski definition) is 1. The molecule has 1 N–H and O–H groups in total. The Bertz CT molecular complexity index is 574. The number of quaternary nitrogens is 1. The van der Waals surface area contributed by atoms with Crippen molar-refractivity contribution in [3.8, 4) is 0 Å². The molecule has 0 aromatic heterocycles. The molecule has 1 unspecified atom stereocenters. The fraction of sp³-hybridized carbons (Fsp3) is 0.667. The topological polar surface area (TPSA) is 32.3 Å². The average Bonchev–Trinajstić information content (AvgIpc) is 2.57. The number of hydrogen-bond acceptors (Lipinski definition) is 2. The molecule has 1 amide bonds. The van der Waals surface area contributed by atoms with E-state index in [9.17, 15) is 4.79 Å². The van der Waals surface area contributed by atoms with E-state index >= 15 is 0 Å². The van der Waals surface area contributed by atoms with Crippen molar-refractivity contribution in [2.45, 2.75) is 45.7 Å². The Balaban J connectivity index is 1.67. The van der Waals surface area contributed by atoms with Crippen LogP contribution in [0.25, 0.3) is 0 Å². The monoisotopic (exact) mass is 344 g/mol. The Kier molecular flexibility index (Phi) is 5.80. The molecule has 4 heteroatoms. The number of nitrogens with one attached hydrogen (secondary N) is 1. The Morgan fingerprint density at radius 1 is 1.28 bits per heavy atom. The van der Waals surface area contributed by atoms with Crippen LogP contribution in [0.2, 0.25) is 0 Å². The molecule has 1 aromatic carbocycles. The van der Waals surface area contributed by atoms with Gasteiger partial charge in [-0.2, -0.15) is 0 Å². The SMILES string of the molecule is CC(C)C[C@H]1CNCC[N+]12CC(=O)N(CCc1ccccc1)[C@@H](C)C2. The molecule has 3 rings (SSSR count). The number of benzene rings is 1. The summed E-state index contributed by atoms with van der Waals surface area (Å²) in [5.74, 6) is 1.03. The van der Waals surface area contributed by atoms with Gasteiger partial charge in [-0.3, -0.25) is 4.79 Å². The third-order valence-electron chi connectivity index (χ3n) is 6.05. The predicted molar refractivity (Wildman–Crippen MR) is 102 cm³/mol. The zero-order chi connectivity index (χ0) is 17.9. The van der Waals surface area contributed by atoms with Crippen LogP contribution in [0, 0.1) is 5.92 Å². The fourth-order valence-electron chi connectivity index (χ4n) is 4.78. The molecule has 0 bridgehead atoms. The highest BCUT2D eigenvalue weighted by atomic mass is 16.2. The first-order chi connectivity index (χ1) is 12.0. The molecular weight excluding hydrogens is 310 g/mol. The van der Waals surface area contributed by atoms with E-state index in [-0.39, 0.29) is 0 Å². The fourth-order valence-corrected chi connectivity index (χ4v) is 4.78. The van der Waals surface area contributed by atoms with Crippen LogP contribution in [0.4, 0.5) is 0 Å². The maximum Gasteiger partial charge on any atom is 0.278 e. The minimum absolute atomic E-state index is 0.331. The molecule has 2 saturated heterocycles. The lowest BCUT2D eigenvalue weighted by Crippen LogP contribution is -2.73. The van der Waals surface area contributed by atoms with Gasteiger partial charge in [0.25, 0.3) is 5.91 Å². The van der Waals surface area contributed by atoms with Crippen molar-refractivity contribution in [1.82, 2.24) is 10.2 Å². The predicted octanol–water partition coefficient (Wildman–Crippen LogP) is 2.29. The number of carbonyl (C=O) groups is 1. The van der Waals surface area contributed by atoms with E-state index in [1.807, 2.05) is 6.07 Å². The molecule has 0 aliphatic carbocycles. The quantitative estimate of drug-likeness (QED) is 0.831. The minimum Gasteiger partial charge on any atom is -0.329 e. The summed E-state index contributed by atoms with van der Waals surface area (Å²) in [5, 5.41) is 3.56. The van der Waals surface area contributed by atoms with E-state index in [1.54, 1.807) is 0 Å². The summed E-state index contributed by atoms with van der Waals surface area (Å²) in [5.41, 5.74) is 1.32. The number of rotatable bonds is 5. The number of piperazine rings is 2. The number of amides is 1. The van der Waals surface area contributed by atoms with E-state index in [1.165, 1.54) is 12.0 Å². The maximum absolute atomic E-state index is 13.0. The van der Waals surface area contributed by atoms with Gasteiger partial charge in [0.05, 0.1) is 19.1 Å². The zero-order valence-electron chi connectivity index (χ0n) is 16.1. The zero-order valence-corrected chi connectivity index (χ0v) is 16.1. The normalized spacial score (nSPS) is 30.2. The number of carbonyl (C=O) groups excluding carboxylic acids is 1. The lowest BCUT2D eigenvalue weighted by molar-refractivity contribution is -0.951. The molecule has 2 aliphatic heterocycles. The molecule has 1 spiro atoms. The molecule has 2 fully saturated rings. The first kappa shape index (κ1) is 18.4. The highest BCUT2D eigenvalue weighted by Crippen LogP contribution is 2.28. The summed E-state index contributed by atoms with van der Waals surface area (Å²) in [6, 6.07) is 11.4. The number of nitrogens with zero attached hydrogens (tertiary/aromatic N) is 2. The minimum atomic E-state index is 0.331. The van der Waals surface area contributed by atoms with Crippen LogP contribution >= 0.6 is 0 Å². The summed E-state index contributed by atoms with van der Waals surface area (Å²) >= 11 is 0. The van der Waals surface area contributed by atoms with Gasteiger partial charge in [-0.25, -0.2) is 0 Å². The third-order valence-corrected chi connectivity index (χ3v) is 6.05. The van der Waals surface area contributed by atoms with Crippen molar-refractivity contribution in [3.63, 3.8) is 0 Å². The van der Waals surface area contributed by atoms with Crippen molar-refractivity contribution in [3.05, 3.63) is 35.9 Å². The maximum atomic E-state index is 13.0. The van der Waals surface area contributed by atoms with Gasteiger partial charge in [0, 0.05) is 26.1 Å². The summed E-state index contributed by atoms with van der Waals surface area (Å²) in [7, 11) is 0. The Hall–Kier alpha value is -1.39. The van der Waals surface area contributed by atoms with Crippen LogP contribution in [-0.4, -0.2) is 66.6 Å². The van der Waals surface area contributed by atoms with Crippen LogP contribution in [0.5, 0.6) is 0 Å². The van der Waals surface area contributed by atoms with Crippen LogP contribution in [0.1, 0.15) is 32.8 Å².